The molecule has 2 heterocycles. The van der Waals surface area contributed by atoms with E-state index in [-0.39, 0.29) is 5.75 Å². The van der Waals surface area contributed by atoms with Gasteiger partial charge < -0.3 is 21.5 Å². The van der Waals surface area contributed by atoms with E-state index in [2.05, 4.69) is 50.9 Å². The fraction of sp³-hybridized carbons (Fsp3) is 0.143. The molecular formula is C21H21N5OS. The SMILES string of the molecule is NCCNCc1cccc(-c2cc3ncnc(Nc4cccc(O)c4)c3s2)c1. The summed E-state index contributed by atoms with van der Waals surface area (Å²) in [5.74, 6) is 0.940. The average Bonchev–Trinajstić information content (AvgIpc) is 3.14. The Balaban J connectivity index is 1.64. The Kier molecular flexibility index (Phi) is 5.48. The number of nitrogens with zero attached hydrogens (tertiary/aromatic N) is 2. The maximum absolute atomic E-state index is 9.68. The predicted molar refractivity (Wildman–Crippen MR) is 115 cm³/mol. The lowest BCUT2D eigenvalue weighted by molar-refractivity contribution is 0.475. The molecule has 0 radical (unpaired) electrons. The molecule has 2 aromatic carbocycles. The fourth-order valence-corrected chi connectivity index (χ4v) is 4.03. The molecule has 0 atom stereocenters. The van der Waals surface area contributed by atoms with Crippen LogP contribution in [0.15, 0.2) is 60.9 Å². The molecule has 0 aliphatic heterocycles. The van der Waals surface area contributed by atoms with Gasteiger partial charge in [-0.05, 0) is 35.4 Å². The molecule has 0 unspecified atom stereocenters. The predicted octanol–water partition coefficient (Wildman–Crippen LogP) is 3.86. The minimum Gasteiger partial charge on any atom is -0.508 e. The summed E-state index contributed by atoms with van der Waals surface area (Å²) in [6.45, 7) is 2.22. The molecule has 7 heteroatoms. The van der Waals surface area contributed by atoms with E-state index in [1.165, 1.54) is 5.56 Å². The van der Waals surface area contributed by atoms with Crippen LogP contribution in [0.3, 0.4) is 0 Å². The Hall–Kier alpha value is -3.00. The quantitative estimate of drug-likeness (QED) is 0.357. The van der Waals surface area contributed by atoms with Crippen molar-refractivity contribution in [2.75, 3.05) is 18.4 Å². The molecule has 4 rings (SSSR count). The first-order chi connectivity index (χ1) is 13.7. The number of aromatic hydroxyl groups is 1. The number of nitrogens with two attached hydrogens (primary N) is 1. The van der Waals surface area contributed by atoms with Gasteiger partial charge in [-0.2, -0.15) is 0 Å². The number of hydrogen-bond acceptors (Lipinski definition) is 7. The van der Waals surface area contributed by atoms with E-state index in [1.54, 1.807) is 35.9 Å². The summed E-state index contributed by atoms with van der Waals surface area (Å²) in [6, 6.07) is 17.5. The third-order valence-corrected chi connectivity index (χ3v) is 5.46. The number of aromatic nitrogens is 2. The highest BCUT2D eigenvalue weighted by Crippen LogP contribution is 2.36. The van der Waals surface area contributed by atoms with E-state index < -0.39 is 0 Å². The topological polar surface area (TPSA) is 96.1 Å². The number of anilines is 2. The van der Waals surface area contributed by atoms with Crippen LogP contribution in [0.2, 0.25) is 0 Å². The number of phenols is 1. The van der Waals surface area contributed by atoms with Gasteiger partial charge in [0.1, 0.15) is 12.1 Å². The van der Waals surface area contributed by atoms with Crippen LogP contribution in [-0.4, -0.2) is 28.2 Å². The molecule has 0 saturated carbocycles. The summed E-state index contributed by atoms with van der Waals surface area (Å²) in [4.78, 5) is 9.94. The second-order valence-electron chi connectivity index (χ2n) is 6.39. The van der Waals surface area contributed by atoms with Crippen LogP contribution in [-0.2, 0) is 6.54 Å². The highest BCUT2D eigenvalue weighted by Gasteiger charge is 2.11. The molecule has 0 spiro atoms. The lowest BCUT2D eigenvalue weighted by Gasteiger charge is -2.06. The number of fused-ring (bicyclic) bond motifs is 1. The second-order valence-corrected chi connectivity index (χ2v) is 7.44. The largest absolute Gasteiger partial charge is 0.508 e. The summed E-state index contributed by atoms with van der Waals surface area (Å²) in [5, 5.41) is 16.3. The lowest BCUT2D eigenvalue weighted by Crippen LogP contribution is -2.21. The van der Waals surface area contributed by atoms with Crippen LogP contribution in [0.4, 0.5) is 11.5 Å². The van der Waals surface area contributed by atoms with Crippen molar-refractivity contribution in [2.45, 2.75) is 6.54 Å². The van der Waals surface area contributed by atoms with Gasteiger partial charge in [0.2, 0.25) is 0 Å². The number of thiophene rings is 1. The molecule has 0 fully saturated rings. The van der Waals surface area contributed by atoms with Gasteiger partial charge in [-0.15, -0.1) is 11.3 Å². The molecule has 5 N–H and O–H groups in total. The zero-order chi connectivity index (χ0) is 19.3. The van der Waals surface area contributed by atoms with Crippen molar-refractivity contribution < 1.29 is 5.11 Å². The summed E-state index contributed by atoms with van der Waals surface area (Å²) in [5.41, 5.74) is 9.58. The first-order valence-corrected chi connectivity index (χ1v) is 9.85. The number of benzene rings is 2. The molecule has 2 aromatic heterocycles. The zero-order valence-corrected chi connectivity index (χ0v) is 16.0. The molecular weight excluding hydrogens is 370 g/mol. The Morgan fingerprint density at radius 1 is 1.04 bits per heavy atom. The fourth-order valence-electron chi connectivity index (χ4n) is 2.98. The highest BCUT2D eigenvalue weighted by molar-refractivity contribution is 7.22. The minimum atomic E-state index is 0.210. The molecule has 142 valence electrons. The molecule has 0 aliphatic carbocycles. The maximum Gasteiger partial charge on any atom is 0.151 e. The standard InChI is InChI=1S/C21H21N5OS/c22-7-8-23-12-14-3-1-4-15(9-14)19-11-18-20(28-19)21(25-13-24-18)26-16-5-2-6-17(27)10-16/h1-6,9-11,13,23,27H,7-8,12,22H2,(H,24,25,26). The van der Waals surface area contributed by atoms with Crippen molar-refractivity contribution in [3.63, 3.8) is 0 Å². The first kappa shape index (κ1) is 18.4. The molecule has 0 aliphatic rings. The molecule has 0 bridgehead atoms. The molecule has 0 saturated heterocycles. The molecule has 4 aromatic rings. The van der Waals surface area contributed by atoms with Gasteiger partial charge in [0.25, 0.3) is 0 Å². The van der Waals surface area contributed by atoms with Crippen LogP contribution < -0.4 is 16.4 Å². The van der Waals surface area contributed by atoms with Crippen molar-refractivity contribution in [3.05, 3.63) is 66.5 Å². The van der Waals surface area contributed by atoms with Crippen molar-refractivity contribution in [3.8, 4) is 16.2 Å². The zero-order valence-electron chi connectivity index (χ0n) is 15.2. The number of phenolic OH excluding ortho intramolecular Hbond substituents is 1. The van der Waals surface area contributed by atoms with Gasteiger partial charge in [0.05, 0.1) is 10.2 Å². The third kappa shape index (κ3) is 4.12. The van der Waals surface area contributed by atoms with Crippen LogP contribution in [0, 0.1) is 0 Å². The number of nitrogens with one attached hydrogen (secondary N) is 2. The molecule has 0 amide bonds. The van der Waals surface area contributed by atoms with Crippen molar-refractivity contribution >= 4 is 33.1 Å². The van der Waals surface area contributed by atoms with E-state index in [1.807, 2.05) is 6.07 Å². The number of hydrogen-bond donors (Lipinski definition) is 4. The van der Waals surface area contributed by atoms with E-state index in [9.17, 15) is 5.11 Å². The van der Waals surface area contributed by atoms with E-state index in [0.29, 0.717) is 6.54 Å². The third-order valence-electron chi connectivity index (χ3n) is 4.28. The van der Waals surface area contributed by atoms with Crippen molar-refractivity contribution in [2.24, 2.45) is 5.73 Å². The smallest absolute Gasteiger partial charge is 0.151 e. The minimum absolute atomic E-state index is 0.210. The Morgan fingerprint density at radius 3 is 2.79 bits per heavy atom. The first-order valence-electron chi connectivity index (χ1n) is 9.03. The maximum atomic E-state index is 9.68. The summed E-state index contributed by atoms with van der Waals surface area (Å²) >= 11 is 1.65. The van der Waals surface area contributed by atoms with E-state index in [0.717, 1.165) is 45.3 Å². The van der Waals surface area contributed by atoms with E-state index in [4.69, 9.17) is 5.73 Å². The Labute approximate surface area is 167 Å². The van der Waals surface area contributed by atoms with Crippen molar-refractivity contribution in [1.29, 1.82) is 0 Å². The summed E-state index contributed by atoms with van der Waals surface area (Å²) in [6.07, 6.45) is 1.55. The summed E-state index contributed by atoms with van der Waals surface area (Å²) in [7, 11) is 0. The van der Waals surface area contributed by atoms with Gasteiger partial charge >= 0.3 is 0 Å². The molecule has 28 heavy (non-hydrogen) atoms. The van der Waals surface area contributed by atoms with Crippen LogP contribution >= 0.6 is 11.3 Å². The Bertz CT molecular complexity index is 1100. The lowest BCUT2D eigenvalue weighted by atomic mass is 10.1. The van der Waals surface area contributed by atoms with Gasteiger partial charge in [0.15, 0.2) is 5.82 Å². The van der Waals surface area contributed by atoms with Crippen molar-refractivity contribution in [1.82, 2.24) is 15.3 Å². The number of rotatable bonds is 7. The van der Waals surface area contributed by atoms with Gasteiger partial charge in [-0.3, -0.25) is 0 Å². The van der Waals surface area contributed by atoms with E-state index >= 15 is 0 Å². The van der Waals surface area contributed by atoms with Crippen LogP contribution in [0.1, 0.15) is 5.56 Å². The van der Waals surface area contributed by atoms with Crippen LogP contribution in [0.25, 0.3) is 20.7 Å². The normalized spacial score (nSPS) is 11.0. The highest BCUT2D eigenvalue weighted by atomic mass is 32.1. The van der Waals surface area contributed by atoms with Gasteiger partial charge in [-0.25, -0.2) is 9.97 Å². The Morgan fingerprint density at radius 2 is 1.93 bits per heavy atom. The second kappa shape index (κ2) is 8.35. The summed E-state index contributed by atoms with van der Waals surface area (Å²) < 4.78 is 0.979. The average molecular weight is 392 g/mol. The van der Waals surface area contributed by atoms with Gasteiger partial charge in [0, 0.05) is 36.3 Å². The molecule has 6 nitrogen and oxygen atoms in total. The monoisotopic (exact) mass is 391 g/mol. The van der Waals surface area contributed by atoms with Crippen LogP contribution in [0.5, 0.6) is 5.75 Å². The van der Waals surface area contributed by atoms with Gasteiger partial charge in [-0.1, -0.05) is 24.3 Å².